The lowest BCUT2D eigenvalue weighted by Gasteiger charge is -2.05. The second-order valence-electron chi connectivity index (χ2n) is 4.03. The Morgan fingerprint density at radius 2 is 2.12 bits per heavy atom. The molecule has 0 spiro atoms. The maximum atomic E-state index is 5.56. The third-order valence-electron chi connectivity index (χ3n) is 2.65. The summed E-state index contributed by atoms with van der Waals surface area (Å²) >= 11 is 1.71. The van der Waals surface area contributed by atoms with Crippen LogP contribution in [0.3, 0.4) is 0 Å². The van der Waals surface area contributed by atoms with Crippen LogP contribution in [-0.4, -0.2) is 4.98 Å². The molecule has 2 nitrogen and oxygen atoms in total. The summed E-state index contributed by atoms with van der Waals surface area (Å²) in [6.45, 7) is 4.82. The summed E-state index contributed by atoms with van der Waals surface area (Å²) < 4.78 is 0. The highest BCUT2D eigenvalue weighted by molar-refractivity contribution is 7.11. The Labute approximate surface area is 100 Å². The molecule has 0 amide bonds. The number of hydrogen-bond donors (Lipinski definition) is 1. The van der Waals surface area contributed by atoms with Crippen LogP contribution in [0.5, 0.6) is 0 Å². The summed E-state index contributed by atoms with van der Waals surface area (Å²) in [6, 6.07) is 6.57. The largest absolute Gasteiger partial charge is 0.325 e. The van der Waals surface area contributed by atoms with Crippen molar-refractivity contribution in [2.75, 3.05) is 0 Å². The monoisotopic (exact) mass is 232 g/mol. The van der Waals surface area contributed by atoms with Gasteiger partial charge in [0.2, 0.25) is 0 Å². The standard InChI is InChI=1S/C13H16N2S/c1-9-3-4-10(2)11(5-9)6-12-8-15-13(7-14)16-12/h3-5,8H,6-7,14H2,1-2H3. The average molecular weight is 232 g/mol. The van der Waals surface area contributed by atoms with Crippen LogP contribution in [0.2, 0.25) is 0 Å². The minimum Gasteiger partial charge on any atom is -0.325 e. The number of nitrogens with zero attached hydrogens (tertiary/aromatic N) is 1. The van der Waals surface area contributed by atoms with E-state index < -0.39 is 0 Å². The molecule has 0 saturated heterocycles. The lowest BCUT2D eigenvalue weighted by atomic mass is 10.0. The first-order chi connectivity index (χ1) is 7.69. The molecule has 0 bridgehead atoms. The Morgan fingerprint density at radius 1 is 1.31 bits per heavy atom. The number of thiazole rings is 1. The number of aryl methyl sites for hydroxylation is 2. The average Bonchev–Trinajstić information content (AvgIpc) is 2.71. The van der Waals surface area contributed by atoms with E-state index in [2.05, 4.69) is 37.0 Å². The fourth-order valence-corrected chi connectivity index (χ4v) is 2.53. The molecule has 0 aliphatic heterocycles. The van der Waals surface area contributed by atoms with Gasteiger partial charge in [-0.1, -0.05) is 23.8 Å². The summed E-state index contributed by atoms with van der Waals surface area (Å²) in [5, 5.41) is 1.01. The van der Waals surface area contributed by atoms with Gasteiger partial charge in [-0.25, -0.2) is 4.98 Å². The van der Waals surface area contributed by atoms with Crippen LogP contribution in [0.1, 0.15) is 26.6 Å². The van der Waals surface area contributed by atoms with Gasteiger partial charge in [0.15, 0.2) is 0 Å². The van der Waals surface area contributed by atoms with Gasteiger partial charge in [-0.05, 0) is 25.0 Å². The highest BCUT2D eigenvalue weighted by Gasteiger charge is 2.04. The number of rotatable bonds is 3. The zero-order valence-corrected chi connectivity index (χ0v) is 10.5. The molecule has 84 valence electrons. The number of aromatic nitrogens is 1. The van der Waals surface area contributed by atoms with Crippen molar-refractivity contribution < 1.29 is 0 Å². The summed E-state index contributed by atoms with van der Waals surface area (Å²) in [7, 11) is 0. The van der Waals surface area contributed by atoms with Gasteiger partial charge in [0.05, 0.1) is 0 Å². The lowest BCUT2D eigenvalue weighted by molar-refractivity contribution is 1.04. The zero-order valence-electron chi connectivity index (χ0n) is 9.66. The van der Waals surface area contributed by atoms with Crippen molar-refractivity contribution in [2.24, 2.45) is 5.73 Å². The molecule has 0 radical (unpaired) electrons. The minimum absolute atomic E-state index is 0.539. The van der Waals surface area contributed by atoms with E-state index in [-0.39, 0.29) is 0 Å². The van der Waals surface area contributed by atoms with E-state index in [0.29, 0.717) is 6.54 Å². The van der Waals surface area contributed by atoms with Gasteiger partial charge in [-0.2, -0.15) is 0 Å². The molecule has 3 heteroatoms. The molecule has 0 fully saturated rings. The molecule has 1 heterocycles. The zero-order chi connectivity index (χ0) is 11.5. The van der Waals surface area contributed by atoms with Crippen molar-refractivity contribution in [3.63, 3.8) is 0 Å². The summed E-state index contributed by atoms with van der Waals surface area (Å²) in [5.74, 6) is 0. The molecule has 1 aromatic carbocycles. The molecule has 2 N–H and O–H groups in total. The first-order valence-corrected chi connectivity index (χ1v) is 6.20. The maximum Gasteiger partial charge on any atom is 0.106 e. The van der Waals surface area contributed by atoms with Crippen LogP contribution < -0.4 is 5.73 Å². The molecule has 2 rings (SSSR count). The smallest absolute Gasteiger partial charge is 0.106 e. The van der Waals surface area contributed by atoms with E-state index in [1.807, 2.05) is 6.20 Å². The van der Waals surface area contributed by atoms with Crippen molar-refractivity contribution in [3.8, 4) is 0 Å². The van der Waals surface area contributed by atoms with Gasteiger partial charge >= 0.3 is 0 Å². The van der Waals surface area contributed by atoms with E-state index in [1.54, 1.807) is 11.3 Å². The highest BCUT2D eigenvalue weighted by atomic mass is 32.1. The van der Waals surface area contributed by atoms with Crippen LogP contribution in [0.15, 0.2) is 24.4 Å². The Bertz CT molecular complexity index is 488. The van der Waals surface area contributed by atoms with Gasteiger partial charge in [-0.15, -0.1) is 11.3 Å². The van der Waals surface area contributed by atoms with E-state index >= 15 is 0 Å². The summed E-state index contributed by atoms with van der Waals surface area (Å²) in [5.41, 5.74) is 9.59. The molecule has 0 atom stereocenters. The van der Waals surface area contributed by atoms with Gasteiger partial charge in [-0.3, -0.25) is 0 Å². The molecular formula is C13H16N2S. The second kappa shape index (κ2) is 4.76. The summed E-state index contributed by atoms with van der Waals surface area (Å²) in [4.78, 5) is 5.56. The Kier molecular flexibility index (Phi) is 3.36. The van der Waals surface area contributed by atoms with Gasteiger partial charge in [0.25, 0.3) is 0 Å². The molecule has 16 heavy (non-hydrogen) atoms. The van der Waals surface area contributed by atoms with Crippen LogP contribution in [-0.2, 0) is 13.0 Å². The third-order valence-corrected chi connectivity index (χ3v) is 3.67. The lowest BCUT2D eigenvalue weighted by Crippen LogP contribution is -1.93. The van der Waals surface area contributed by atoms with Crippen molar-refractivity contribution in [2.45, 2.75) is 26.8 Å². The number of benzene rings is 1. The minimum atomic E-state index is 0.539. The quantitative estimate of drug-likeness (QED) is 0.883. The molecule has 1 aromatic heterocycles. The topological polar surface area (TPSA) is 38.9 Å². The van der Waals surface area contributed by atoms with Crippen LogP contribution >= 0.6 is 11.3 Å². The van der Waals surface area contributed by atoms with Gasteiger partial charge in [0, 0.05) is 24.0 Å². The Hall–Kier alpha value is -1.19. The van der Waals surface area contributed by atoms with E-state index in [0.717, 1.165) is 11.4 Å². The van der Waals surface area contributed by atoms with E-state index in [4.69, 9.17) is 5.73 Å². The molecule has 0 aliphatic rings. The normalized spacial score (nSPS) is 10.7. The highest BCUT2D eigenvalue weighted by Crippen LogP contribution is 2.20. The van der Waals surface area contributed by atoms with Crippen LogP contribution in [0, 0.1) is 13.8 Å². The van der Waals surface area contributed by atoms with Crippen LogP contribution in [0.25, 0.3) is 0 Å². The first kappa shape index (κ1) is 11.3. The van der Waals surface area contributed by atoms with Crippen molar-refractivity contribution in [1.82, 2.24) is 4.98 Å². The van der Waals surface area contributed by atoms with Crippen molar-refractivity contribution in [1.29, 1.82) is 0 Å². The van der Waals surface area contributed by atoms with Crippen LogP contribution in [0.4, 0.5) is 0 Å². The van der Waals surface area contributed by atoms with Gasteiger partial charge in [0.1, 0.15) is 5.01 Å². The molecule has 0 saturated carbocycles. The summed E-state index contributed by atoms with van der Waals surface area (Å²) in [6.07, 6.45) is 2.90. The fourth-order valence-electron chi connectivity index (χ4n) is 1.70. The first-order valence-electron chi connectivity index (χ1n) is 5.39. The molecule has 0 unspecified atom stereocenters. The number of hydrogen-bond acceptors (Lipinski definition) is 3. The molecule has 0 aliphatic carbocycles. The van der Waals surface area contributed by atoms with E-state index in [9.17, 15) is 0 Å². The number of nitrogens with two attached hydrogens (primary N) is 1. The maximum absolute atomic E-state index is 5.56. The Morgan fingerprint density at radius 3 is 2.81 bits per heavy atom. The molecular weight excluding hydrogens is 216 g/mol. The third kappa shape index (κ3) is 2.49. The molecule has 2 aromatic rings. The predicted molar refractivity (Wildman–Crippen MR) is 68.7 cm³/mol. The van der Waals surface area contributed by atoms with E-state index in [1.165, 1.54) is 21.6 Å². The van der Waals surface area contributed by atoms with Crippen molar-refractivity contribution >= 4 is 11.3 Å². The van der Waals surface area contributed by atoms with Crippen molar-refractivity contribution in [3.05, 3.63) is 51.0 Å². The predicted octanol–water partition coefficient (Wildman–Crippen LogP) is 2.81. The fraction of sp³-hybridized carbons (Fsp3) is 0.308. The Balaban J connectivity index is 2.22. The van der Waals surface area contributed by atoms with Gasteiger partial charge < -0.3 is 5.73 Å². The second-order valence-corrected chi connectivity index (χ2v) is 5.23. The SMILES string of the molecule is Cc1ccc(C)c(Cc2cnc(CN)s2)c1.